The quantitative estimate of drug-likeness (QED) is 0.263. The first kappa shape index (κ1) is 12.0. The fourth-order valence-corrected chi connectivity index (χ4v) is 0.582. The Hall–Kier alpha value is -1.98. The molecule has 76 valence electrons. The highest BCUT2D eigenvalue weighted by Crippen LogP contribution is 1.94. The van der Waals surface area contributed by atoms with Crippen LogP contribution >= 0.6 is 0 Å². The second kappa shape index (κ2) is 4.90. The van der Waals surface area contributed by atoms with E-state index >= 15 is 0 Å². The Kier molecular flexibility index (Phi) is 4.21. The highest BCUT2D eigenvalue weighted by Gasteiger charge is 2.08. The van der Waals surface area contributed by atoms with Gasteiger partial charge in [0.15, 0.2) is 11.6 Å². The molecule has 0 aromatic heterocycles. The molecule has 0 rings (SSSR count). The molecule has 0 aliphatic rings. The normalized spacial score (nSPS) is 10.8. The average Bonchev–Trinajstić information content (AvgIpc) is 2.03. The smallest absolute Gasteiger partial charge is 0.185 e. The fourth-order valence-electron chi connectivity index (χ4n) is 0.582. The van der Waals surface area contributed by atoms with Gasteiger partial charge in [-0.05, 0) is 18.6 Å². The van der Waals surface area contributed by atoms with Gasteiger partial charge in [0.25, 0.3) is 0 Å². The van der Waals surface area contributed by atoms with E-state index in [9.17, 15) is 29.4 Å². The molecule has 0 unspecified atom stereocenters. The molecule has 0 spiro atoms. The minimum atomic E-state index is -1.97. The summed E-state index contributed by atoms with van der Waals surface area (Å²) in [5.41, 5.74) is -0.374. The van der Waals surface area contributed by atoms with Crippen LogP contribution in [0.15, 0.2) is 11.6 Å². The van der Waals surface area contributed by atoms with Gasteiger partial charge in [-0.2, -0.15) is 0 Å². The summed E-state index contributed by atoms with van der Waals surface area (Å²) >= 11 is 0. The van der Waals surface area contributed by atoms with Crippen LogP contribution in [0.4, 0.5) is 0 Å². The van der Waals surface area contributed by atoms with Crippen molar-refractivity contribution < 1.29 is 29.4 Å². The number of carboxylic acid groups (broad SMARTS) is 2. The van der Waals surface area contributed by atoms with Crippen molar-refractivity contribution in [2.45, 2.75) is 13.3 Å². The van der Waals surface area contributed by atoms with Crippen molar-refractivity contribution in [3.63, 3.8) is 0 Å². The van der Waals surface area contributed by atoms with Gasteiger partial charge in [0.1, 0.15) is 5.97 Å². The predicted molar refractivity (Wildman–Crippen MR) is 38.4 cm³/mol. The predicted octanol–water partition coefficient (Wildman–Crippen LogP) is -3.04. The van der Waals surface area contributed by atoms with E-state index in [1.165, 1.54) is 0 Å². The molecule has 14 heavy (non-hydrogen) atoms. The Morgan fingerprint density at radius 2 is 1.57 bits per heavy atom. The Labute approximate surface area is 78.8 Å². The summed E-state index contributed by atoms with van der Waals surface area (Å²) in [5, 5.41) is 20.0. The second-order valence-electron chi connectivity index (χ2n) is 2.47. The molecule has 0 aromatic carbocycles. The van der Waals surface area contributed by atoms with E-state index in [0.717, 1.165) is 6.92 Å². The lowest BCUT2D eigenvalue weighted by Gasteiger charge is -2.01. The lowest BCUT2D eigenvalue weighted by Crippen LogP contribution is -2.32. The van der Waals surface area contributed by atoms with Crippen LogP contribution in [0, 0.1) is 0 Å². The number of ketones is 2. The minimum Gasteiger partial charge on any atom is -0.545 e. The number of rotatable bonds is 5. The van der Waals surface area contributed by atoms with E-state index in [4.69, 9.17) is 0 Å². The molecule has 0 aromatic rings. The summed E-state index contributed by atoms with van der Waals surface area (Å²) in [4.78, 5) is 41.2. The van der Waals surface area contributed by atoms with Crippen molar-refractivity contribution in [2.24, 2.45) is 0 Å². The molecule has 0 saturated carbocycles. The third kappa shape index (κ3) is 4.15. The van der Waals surface area contributed by atoms with Gasteiger partial charge < -0.3 is 19.8 Å². The molecule has 0 aliphatic heterocycles. The zero-order chi connectivity index (χ0) is 11.3. The number of carboxylic acids is 2. The van der Waals surface area contributed by atoms with Crippen LogP contribution in [0.25, 0.3) is 0 Å². The van der Waals surface area contributed by atoms with Crippen LogP contribution in [0.3, 0.4) is 0 Å². The summed E-state index contributed by atoms with van der Waals surface area (Å²) in [5.74, 6) is -5.84. The van der Waals surface area contributed by atoms with E-state index in [0.29, 0.717) is 6.08 Å². The molecule has 6 heteroatoms. The van der Waals surface area contributed by atoms with Crippen LogP contribution in [0.5, 0.6) is 0 Å². The highest BCUT2D eigenvalue weighted by atomic mass is 16.4. The number of carbonyl (C=O) groups is 4. The number of aliphatic carboxylic acids is 2. The molecule has 6 nitrogen and oxygen atoms in total. The molecule has 0 radical (unpaired) electrons. The van der Waals surface area contributed by atoms with Crippen molar-refractivity contribution in [3.8, 4) is 0 Å². The Bertz CT molecular complexity index is 325. The summed E-state index contributed by atoms with van der Waals surface area (Å²) in [6.45, 7) is 1.09. The topological polar surface area (TPSA) is 114 Å². The Balaban J connectivity index is 4.39. The molecule has 0 heterocycles. The summed E-state index contributed by atoms with van der Waals surface area (Å²) < 4.78 is 0. The van der Waals surface area contributed by atoms with Crippen LogP contribution in [0.2, 0.25) is 0 Å². The third-order valence-electron chi connectivity index (χ3n) is 1.26. The lowest BCUT2D eigenvalue weighted by atomic mass is 10.1. The molecule has 0 atom stereocenters. The SMILES string of the molecule is C/C(=C/C(=O)CC(=O)C(=O)[O-])C(=O)[O-]. The molecule has 0 aliphatic carbocycles. The number of allylic oxidation sites excluding steroid dienone is 1. The molecule has 0 saturated heterocycles. The van der Waals surface area contributed by atoms with Gasteiger partial charge in [-0.15, -0.1) is 0 Å². The fraction of sp³-hybridized carbons (Fsp3) is 0.250. The van der Waals surface area contributed by atoms with Crippen LogP contribution in [-0.2, 0) is 19.2 Å². The Morgan fingerprint density at radius 1 is 1.07 bits per heavy atom. The van der Waals surface area contributed by atoms with Gasteiger partial charge in [-0.25, -0.2) is 0 Å². The minimum absolute atomic E-state index is 0.374. The van der Waals surface area contributed by atoms with Crippen molar-refractivity contribution in [1.29, 1.82) is 0 Å². The molecular weight excluding hydrogens is 192 g/mol. The Morgan fingerprint density at radius 3 is 1.93 bits per heavy atom. The number of hydrogen-bond acceptors (Lipinski definition) is 6. The first-order valence-corrected chi connectivity index (χ1v) is 3.51. The second-order valence-corrected chi connectivity index (χ2v) is 2.47. The van der Waals surface area contributed by atoms with E-state index in [1.807, 2.05) is 0 Å². The van der Waals surface area contributed by atoms with E-state index < -0.39 is 29.9 Å². The average molecular weight is 198 g/mol. The third-order valence-corrected chi connectivity index (χ3v) is 1.26. The van der Waals surface area contributed by atoms with Crippen molar-refractivity contribution in [3.05, 3.63) is 11.6 Å². The van der Waals surface area contributed by atoms with Crippen molar-refractivity contribution in [2.75, 3.05) is 0 Å². The van der Waals surface area contributed by atoms with Gasteiger partial charge >= 0.3 is 0 Å². The maximum absolute atomic E-state index is 10.8. The first-order valence-electron chi connectivity index (χ1n) is 3.51. The molecule has 0 bridgehead atoms. The molecule has 0 fully saturated rings. The lowest BCUT2D eigenvalue weighted by molar-refractivity contribution is -0.300. The van der Waals surface area contributed by atoms with Gasteiger partial charge in [0.05, 0.1) is 12.4 Å². The highest BCUT2D eigenvalue weighted by molar-refractivity contribution is 6.36. The van der Waals surface area contributed by atoms with Gasteiger partial charge in [0, 0.05) is 0 Å². The van der Waals surface area contributed by atoms with Crippen molar-refractivity contribution in [1.82, 2.24) is 0 Å². The number of carbonyl (C=O) groups excluding carboxylic acids is 4. The van der Waals surface area contributed by atoms with Gasteiger partial charge in [-0.3, -0.25) is 9.59 Å². The number of Topliss-reactive ketones (excluding diaryl/α,β-unsaturated/α-hetero) is 1. The van der Waals surface area contributed by atoms with Crippen LogP contribution < -0.4 is 10.2 Å². The number of hydrogen-bond donors (Lipinski definition) is 0. The van der Waals surface area contributed by atoms with Gasteiger partial charge in [-0.1, -0.05) is 0 Å². The van der Waals surface area contributed by atoms with Crippen molar-refractivity contribution >= 4 is 23.5 Å². The maximum Gasteiger partial charge on any atom is 0.185 e. The van der Waals surface area contributed by atoms with Crippen LogP contribution in [-0.4, -0.2) is 23.5 Å². The summed E-state index contributed by atoms with van der Waals surface area (Å²) in [7, 11) is 0. The zero-order valence-electron chi connectivity index (χ0n) is 7.23. The molecular formula is C8H6O6-2. The van der Waals surface area contributed by atoms with Gasteiger partial charge in [0.2, 0.25) is 0 Å². The largest absolute Gasteiger partial charge is 0.545 e. The molecule has 0 N–H and O–H groups in total. The monoisotopic (exact) mass is 198 g/mol. The van der Waals surface area contributed by atoms with Crippen LogP contribution in [0.1, 0.15) is 13.3 Å². The molecule has 0 amide bonds. The van der Waals surface area contributed by atoms with E-state index in [-0.39, 0.29) is 5.57 Å². The maximum atomic E-state index is 10.8. The zero-order valence-corrected chi connectivity index (χ0v) is 7.23. The summed E-state index contributed by atoms with van der Waals surface area (Å²) in [6, 6.07) is 0. The van der Waals surface area contributed by atoms with E-state index in [2.05, 4.69) is 0 Å². The first-order chi connectivity index (χ1) is 6.34. The standard InChI is InChI=1S/C8H8O6/c1-4(7(11)12)2-5(9)3-6(10)8(13)14/h2H,3H2,1H3,(H,11,12)(H,13,14)/p-2/b4-2-. The summed E-state index contributed by atoms with van der Waals surface area (Å²) in [6.07, 6.45) is -0.275. The van der Waals surface area contributed by atoms with E-state index in [1.54, 1.807) is 0 Å².